The summed E-state index contributed by atoms with van der Waals surface area (Å²) in [7, 11) is 0. The first-order valence-corrected chi connectivity index (χ1v) is 6.17. The van der Waals surface area contributed by atoms with E-state index >= 15 is 0 Å². The van der Waals surface area contributed by atoms with Gasteiger partial charge in [-0.2, -0.15) is 0 Å². The van der Waals surface area contributed by atoms with Crippen LogP contribution in [-0.2, 0) is 16.0 Å². The summed E-state index contributed by atoms with van der Waals surface area (Å²) in [4.78, 5) is 11.1. The Kier molecular flexibility index (Phi) is 5.65. The van der Waals surface area contributed by atoms with Crippen molar-refractivity contribution in [1.29, 1.82) is 0 Å². The predicted octanol–water partition coefficient (Wildman–Crippen LogP) is 1.91. The summed E-state index contributed by atoms with van der Waals surface area (Å²) in [5.74, 6) is 0.452. The number of hydrogen-bond donors (Lipinski definition) is 1. The fourth-order valence-corrected chi connectivity index (χ4v) is 1.67. The van der Waals surface area contributed by atoms with Gasteiger partial charge >= 0.3 is 5.97 Å². The van der Waals surface area contributed by atoms with Crippen LogP contribution in [0, 0.1) is 0 Å². The number of nitrogens with two attached hydrogens (primary N) is 1. The Labute approximate surface area is 108 Å². The van der Waals surface area contributed by atoms with Gasteiger partial charge < -0.3 is 15.2 Å². The number of rotatable bonds is 6. The minimum Gasteiger partial charge on any atom is -0.491 e. The molecule has 0 aliphatic carbocycles. The van der Waals surface area contributed by atoms with Crippen molar-refractivity contribution in [2.45, 2.75) is 39.4 Å². The van der Waals surface area contributed by atoms with Gasteiger partial charge in [-0.05, 0) is 32.4 Å². The van der Waals surface area contributed by atoms with E-state index < -0.39 is 0 Å². The van der Waals surface area contributed by atoms with Gasteiger partial charge in [-0.3, -0.25) is 4.79 Å². The van der Waals surface area contributed by atoms with Gasteiger partial charge in [-0.25, -0.2) is 0 Å². The highest BCUT2D eigenvalue weighted by molar-refractivity contribution is 5.71. The third-order valence-electron chi connectivity index (χ3n) is 2.34. The van der Waals surface area contributed by atoms with Crippen LogP contribution in [0.5, 0.6) is 5.75 Å². The summed E-state index contributed by atoms with van der Waals surface area (Å²) in [5.41, 5.74) is 6.24. The molecular weight excluding hydrogens is 230 g/mol. The van der Waals surface area contributed by atoms with Crippen molar-refractivity contribution in [3.63, 3.8) is 0 Å². The van der Waals surface area contributed by atoms with Gasteiger partial charge in [0.05, 0.1) is 12.6 Å². The van der Waals surface area contributed by atoms with Crippen LogP contribution in [0.25, 0.3) is 0 Å². The maximum absolute atomic E-state index is 11.1. The van der Waals surface area contributed by atoms with E-state index in [1.54, 1.807) is 0 Å². The Morgan fingerprint density at radius 1 is 1.28 bits per heavy atom. The van der Waals surface area contributed by atoms with Crippen molar-refractivity contribution in [3.8, 4) is 5.75 Å². The first-order chi connectivity index (χ1) is 8.52. The summed E-state index contributed by atoms with van der Waals surface area (Å²) >= 11 is 0. The maximum atomic E-state index is 11.1. The average Bonchev–Trinajstić information content (AvgIpc) is 2.30. The van der Waals surface area contributed by atoms with Crippen molar-refractivity contribution in [3.05, 3.63) is 29.8 Å². The number of esters is 1. The summed E-state index contributed by atoms with van der Waals surface area (Å²) in [6.07, 6.45) is 0.528. The zero-order chi connectivity index (χ0) is 13.5. The van der Waals surface area contributed by atoms with E-state index in [9.17, 15) is 4.79 Å². The third-order valence-corrected chi connectivity index (χ3v) is 2.34. The topological polar surface area (TPSA) is 61.5 Å². The van der Waals surface area contributed by atoms with Crippen LogP contribution in [0.1, 0.15) is 26.3 Å². The lowest BCUT2D eigenvalue weighted by atomic mass is 10.1. The Balaban J connectivity index is 2.68. The van der Waals surface area contributed by atoms with Crippen LogP contribution in [0.15, 0.2) is 24.3 Å². The molecule has 100 valence electrons. The van der Waals surface area contributed by atoms with E-state index in [1.807, 2.05) is 45.0 Å². The number of ether oxygens (including phenoxy) is 2. The van der Waals surface area contributed by atoms with Crippen molar-refractivity contribution < 1.29 is 14.3 Å². The summed E-state index contributed by atoms with van der Waals surface area (Å²) < 4.78 is 10.9. The lowest BCUT2D eigenvalue weighted by molar-refractivity contribution is -0.146. The van der Waals surface area contributed by atoms with E-state index in [4.69, 9.17) is 15.2 Å². The second kappa shape index (κ2) is 7.01. The molecule has 0 heterocycles. The van der Waals surface area contributed by atoms with Crippen LogP contribution in [-0.4, -0.2) is 24.7 Å². The Bertz CT molecular complexity index is 390. The van der Waals surface area contributed by atoms with Crippen LogP contribution in [0.4, 0.5) is 0 Å². The molecule has 0 radical (unpaired) electrons. The number of carbonyl (C=O) groups excluding carboxylic acids is 1. The van der Waals surface area contributed by atoms with Gasteiger partial charge in [0.25, 0.3) is 0 Å². The molecule has 0 bridgehead atoms. The van der Waals surface area contributed by atoms with E-state index in [-0.39, 0.29) is 24.7 Å². The Morgan fingerprint density at radius 3 is 2.56 bits per heavy atom. The second-order valence-electron chi connectivity index (χ2n) is 4.48. The molecule has 0 fully saturated rings. The minimum atomic E-state index is -0.384. The molecule has 1 aromatic rings. The number of hydrogen-bond acceptors (Lipinski definition) is 4. The molecule has 1 rings (SSSR count). The maximum Gasteiger partial charge on any atom is 0.319 e. The molecule has 0 aliphatic heterocycles. The fourth-order valence-electron chi connectivity index (χ4n) is 1.67. The van der Waals surface area contributed by atoms with E-state index in [2.05, 4.69) is 0 Å². The third kappa shape index (κ3) is 4.75. The molecule has 1 atom stereocenters. The van der Waals surface area contributed by atoms with Crippen LogP contribution < -0.4 is 10.5 Å². The van der Waals surface area contributed by atoms with Crippen molar-refractivity contribution in [1.82, 2.24) is 0 Å². The van der Waals surface area contributed by atoms with E-state index in [0.29, 0.717) is 6.42 Å². The van der Waals surface area contributed by atoms with Gasteiger partial charge in [0.15, 0.2) is 0 Å². The highest BCUT2D eigenvalue weighted by atomic mass is 16.5. The molecule has 0 aliphatic rings. The summed E-state index contributed by atoms with van der Waals surface area (Å²) in [5, 5.41) is 0. The molecule has 1 unspecified atom stereocenters. The zero-order valence-electron chi connectivity index (χ0n) is 11.2. The Hall–Kier alpha value is -1.55. The Morgan fingerprint density at radius 2 is 1.94 bits per heavy atom. The molecule has 0 saturated heterocycles. The summed E-state index contributed by atoms with van der Waals surface area (Å²) in [6, 6.07) is 7.77. The standard InChI is InChI=1S/C14H21NO3/c1-10(2)17-13-7-5-4-6-12(13)8-11(3)18-14(16)9-15/h4-7,10-11H,8-9,15H2,1-3H3. The van der Waals surface area contributed by atoms with Crippen LogP contribution in [0.2, 0.25) is 0 Å². The number of benzene rings is 1. The van der Waals surface area contributed by atoms with E-state index in [0.717, 1.165) is 11.3 Å². The quantitative estimate of drug-likeness (QED) is 0.784. The van der Waals surface area contributed by atoms with Crippen LogP contribution in [0.3, 0.4) is 0 Å². The summed E-state index contributed by atoms with van der Waals surface area (Å²) in [6.45, 7) is 5.72. The molecule has 0 spiro atoms. The van der Waals surface area contributed by atoms with Gasteiger partial charge in [-0.15, -0.1) is 0 Å². The molecule has 1 aromatic carbocycles. The fraction of sp³-hybridized carbons (Fsp3) is 0.500. The highest BCUT2D eigenvalue weighted by Crippen LogP contribution is 2.21. The van der Waals surface area contributed by atoms with Crippen molar-refractivity contribution >= 4 is 5.97 Å². The van der Waals surface area contributed by atoms with Gasteiger partial charge in [0, 0.05) is 6.42 Å². The minimum absolute atomic E-state index is 0.0888. The largest absolute Gasteiger partial charge is 0.491 e. The number of para-hydroxylation sites is 1. The van der Waals surface area contributed by atoms with E-state index in [1.165, 1.54) is 0 Å². The molecule has 18 heavy (non-hydrogen) atoms. The van der Waals surface area contributed by atoms with Gasteiger partial charge in [0.1, 0.15) is 11.9 Å². The zero-order valence-corrected chi connectivity index (χ0v) is 11.2. The second-order valence-corrected chi connectivity index (χ2v) is 4.48. The van der Waals surface area contributed by atoms with Gasteiger partial charge in [0.2, 0.25) is 0 Å². The normalized spacial score (nSPS) is 12.3. The lowest BCUT2D eigenvalue weighted by Crippen LogP contribution is -2.23. The van der Waals surface area contributed by atoms with Crippen molar-refractivity contribution in [2.75, 3.05) is 6.54 Å². The van der Waals surface area contributed by atoms with Gasteiger partial charge in [-0.1, -0.05) is 18.2 Å². The SMILES string of the molecule is CC(C)Oc1ccccc1CC(C)OC(=O)CN. The molecular formula is C14H21NO3. The highest BCUT2D eigenvalue weighted by Gasteiger charge is 2.12. The molecule has 0 aromatic heterocycles. The smallest absolute Gasteiger partial charge is 0.319 e. The average molecular weight is 251 g/mol. The first kappa shape index (κ1) is 14.5. The molecule has 2 N–H and O–H groups in total. The van der Waals surface area contributed by atoms with Crippen molar-refractivity contribution in [2.24, 2.45) is 5.73 Å². The number of carbonyl (C=O) groups is 1. The predicted molar refractivity (Wildman–Crippen MR) is 70.5 cm³/mol. The molecule has 0 saturated carbocycles. The lowest BCUT2D eigenvalue weighted by Gasteiger charge is -2.17. The van der Waals surface area contributed by atoms with Crippen LogP contribution >= 0.6 is 0 Å². The molecule has 0 amide bonds. The molecule has 4 nitrogen and oxygen atoms in total. The first-order valence-electron chi connectivity index (χ1n) is 6.17. The molecule has 4 heteroatoms. The monoisotopic (exact) mass is 251 g/mol.